The van der Waals surface area contributed by atoms with Crippen LogP contribution in [0.4, 0.5) is 11.4 Å². The predicted octanol–water partition coefficient (Wildman–Crippen LogP) is 3.79. The van der Waals surface area contributed by atoms with E-state index in [-0.39, 0.29) is 11.8 Å². The van der Waals surface area contributed by atoms with E-state index in [4.69, 9.17) is 11.6 Å². The van der Waals surface area contributed by atoms with Crippen molar-refractivity contribution in [1.29, 1.82) is 0 Å². The van der Waals surface area contributed by atoms with Crippen molar-refractivity contribution in [2.45, 2.75) is 13.5 Å². The summed E-state index contributed by atoms with van der Waals surface area (Å²) >= 11 is 6.07. The van der Waals surface area contributed by atoms with Gasteiger partial charge in [-0.15, -0.1) is 0 Å². The van der Waals surface area contributed by atoms with E-state index >= 15 is 0 Å². The van der Waals surface area contributed by atoms with Gasteiger partial charge in [0.15, 0.2) is 0 Å². The highest BCUT2D eigenvalue weighted by Gasteiger charge is 2.31. The van der Waals surface area contributed by atoms with Gasteiger partial charge in [-0.25, -0.2) is 5.01 Å². The van der Waals surface area contributed by atoms with E-state index in [9.17, 15) is 9.59 Å². The van der Waals surface area contributed by atoms with Crippen molar-refractivity contribution in [1.82, 2.24) is 9.99 Å². The molecule has 0 radical (unpaired) electrons. The van der Waals surface area contributed by atoms with Crippen LogP contribution >= 0.6 is 11.6 Å². The summed E-state index contributed by atoms with van der Waals surface area (Å²) in [4.78, 5) is 28.0. The Kier molecular flexibility index (Phi) is 3.85. The molecular weight excluding hydrogens is 352 g/mol. The summed E-state index contributed by atoms with van der Waals surface area (Å²) in [7, 11) is 1.85. The van der Waals surface area contributed by atoms with E-state index < -0.39 is 0 Å². The minimum atomic E-state index is -0.243. The third-order valence-electron chi connectivity index (χ3n) is 4.53. The van der Waals surface area contributed by atoms with Crippen molar-refractivity contribution < 1.29 is 9.59 Å². The standard InChI is InChI=1S/C19H17ClN4O2/c1-11(25)21-17-14-8-7-13(20)9-15(14)22-18(17)19(26)24-10-12-5-3-4-6-16(12)23(24)2/h3-9,22H,10H2,1-2H3,(H,21,25). The molecule has 0 aliphatic carbocycles. The quantitative estimate of drug-likeness (QED) is 0.723. The summed E-state index contributed by atoms with van der Waals surface area (Å²) < 4.78 is 0. The minimum absolute atomic E-state index is 0.222. The zero-order chi connectivity index (χ0) is 18.4. The van der Waals surface area contributed by atoms with Gasteiger partial charge >= 0.3 is 0 Å². The fraction of sp³-hybridized carbons (Fsp3) is 0.158. The molecule has 4 rings (SSSR count). The van der Waals surface area contributed by atoms with Crippen LogP contribution in [-0.4, -0.2) is 28.9 Å². The summed E-state index contributed by atoms with van der Waals surface area (Å²) in [5, 5.41) is 7.54. The number of hydrazine groups is 1. The van der Waals surface area contributed by atoms with E-state index in [2.05, 4.69) is 10.3 Å². The molecule has 2 N–H and O–H groups in total. The Morgan fingerprint density at radius 1 is 1.19 bits per heavy atom. The number of nitrogens with zero attached hydrogens (tertiary/aromatic N) is 2. The predicted molar refractivity (Wildman–Crippen MR) is 102 cm³/mol. The van der Waals surface area contributed by atoms with Gasteiger partial charge in [0.05, 0.1) is 17.9 Å². The van der Waals surface area contributed by atoms with Crippen molar-refractivity contribution in [2.24, 2.45) is 0 Å². The maximum absolute atomic E-state index is 13.3. The Balaban J connectivity index is 1.79. The number of carbonyl (C=O) groups excluding carboxylic acids is 2. The van der Waals surface area contributed by atoms with Crippen molar-refractivity contribution in [3.8, 4) is 0 Å². The normalized spacial score (nSPS) is 13.2. The molecule has 2 heterocycles. The monoisotopic (exact) mass is 368 g/mol. The molecular formula is C19H17ClN4O2. The van der Waals surface area contributed by atoms with Gasteiger partial charge in [-0.2, -0.15) is 0 Å². The van der Waals surface area contributed by atoms with Gasteiger partial charge in [-0.3, -0.25) is 14.6 Å². The second-order valence-corrected chi connectivity index (χ2v) is 6.70. The molecule has 0 atom stereocenters. The minimum Gasteiger partial charge on any atom is -0.349 e. The summed E-state index contributed by atoms with van der Waals surface area (Å²) in [5.74, 6) is -0.465. The number of amides is 2. The first kappa shape index (κ1) is 16.5. The molecule has 1 aliphatic heterocycles. The molecule has 0 fully saturated rings. The van der Waals surface area contributed by atoms with Gasteiger partial charge < -0.3 is 10.3 Å². The highest BCUT2D eigenvalue weighted by Crippen LogP contribution is 2.34. The first-order valence-electron chi connectivity index (χ1n) is 8.18. The second-order valence-electron chi connectivity index (χ2n) is 6.26. The molecule has 1 aromatic heterocycles. The molecule has 1 aliphatic rings. The molecule has 0 bridgehead atoms. The lowest BCUT2D eigenvalue weighted by molar-refractivity contribution is -0.114. The number of H-pyrrole nitrogens is 1. The van der Waals surface area contributed by atoms with Crippen molar-refractivity contribution in [3.05, 3.63) is 58.7 Å². The Bertz CT molecular complexity index is 1040. The third kappa shape index (κ3) is 2.59. The lowest BCUT2D eigenvalue weighted by Gasteiger charge is -2.26. The zero-order valence-electron chi connectivity index (χ0n) is 14.3. The lowest BCUT2D eigenvalue weighted by atomic mass is 10.2. The smallest absolute Gasteiger partial charge is 0.291 e. The fourth-order valence-electron chi connectivity index (χ4n) is 3.33. The maximum atomic E-state index is 13.3. The number of fused-ring (bicyclic) bond motifs is 2. The van der Waals surface area contributed by atoms with E-state index in [1.54, 1.807) is 23.2 Å². The van der Waals surface area contributed by atoms with Crippen LogP contribution in [0.15, 0.2) is 42.5 Å². The van der Waals surface area contributed by atoms with Crippen LogP contribution in [0, 0.1) is 0 Å². The molecule has 0 unspecified atom stereocenters. The Morgan fingerprint density at radius 2 is 1.96 bits per heavy atom. The lowest BCUT2D eigenvalue weighted by Crippen LogP contribution is -2.39. The number of benzene rings is 2. The first-order chi connectivity index (χ1) is 12.5. The van der Waals surface area contributed by atoms with Gasteiger partial charge in [-0.1, -0.05) is 29.8 Å². The van der Waals surface area contributed by atoms with Crippen LogP contribution in [0.3, 0.4) is 0 Å². The van der Waals surface area contributed by atoms with Crippen LogP contribution in [0.25, 0.3) is 10.9 Å². The van der Waals surface area contributed by atoms with Crippen molar-refractivity contribution in [2.75, 3.05) is 17.4 Å². The largest absolute Gasteiger partial charge is 0.349 e. The molecule has 2 aromatic carbocycles. The topological polar surface area (TPSA) is 68.4 Å². The number of hydrogen-bond donors (Lipinski definition) is 2. The van der Waals surface area contributed by atoms with Crippen LogP contribution in [0.5, 0.6) is 0 Å². The maximum Gasteiger partial charge on any atom is 0.291 e. The highest BCUT2D eigenvalue weighted by molar-refractivity contribution is 6.31. The fourth-order valence-corrected chi connectivity index (χ4v) is 3.50. The Morgan fingerprint density at radius 3 is 2.69 bits per heavy atom. The molecule has 6 nitrogen and oxygen atoms in total. The van der Waals surface area contributed by atoms with E-state index in [0.717, 1.165) is 16.6 Å². The first-order valence-corrected chi connectivity index (χ1v) is 8.55. The van der Waals surface area contributed by atoms with Gasteiger partial charge in [0.1, 0.15) is 5.69 Å². The van der Waals surface area contributed by atoms with Gasteiger partial charge in [0.2, 0.25) is 5.91 Å². The van der Waals surface area contributed by atoms with Gasteiger partial charge in [-0.05, 0) is 29.8 Å². The number of nitrogens with one attached hydrogen (secondary N) is 2. The highest BCUT2D eigenvalue weighted by atomic mass is 35.5. The van der Waals surface area contributed by atoms with Crippen LogP contribution in [0.1, 0.15) is 23.0 Å². The molecule has 132 valence electrons. The van der Waals surface area contributed by atoms with E-state index in [1.165, 1.54) is 6.92 Å². The second kappa shape index (κ2) is 6.07. The number of halogens is 1. The number of aromatic amines is 1. The average Bonchev–Trinajstić information content (AvgIpc) is 3.12. The summed E-state index contributed by atoms with van der Waals surface area (Å²) in [5.41, 5.74) is 3.56. The van der Waals surface area contributed by atoms with Crippen LogP contribution in [0.2, 0.25) is 5.02 Å². The van der Waals surface area contributed by atoms with Gasteiger partial charge in [0, 0.05) is 29.9 Å². The molecule has 0 spiro atoms. The summed E-state index contributed by atoms with van der Waals surface area (Å²) in [6, 6.07) is 13.1. The molecule has 2 amide bonds. The van der Waals surface area contributed by atoms with Crippen LogP contribution < -0.4 is 10.3 Å². The molecule has 7 heteroatoms. The number of rotatable bonds is 2. The number of carbonyl (C=O) groups is 2. The molecule has 26 heavy (non-hydrogen) atoms. The summed E-state index contributed by atoms with van der Waals surface area (Å²) in [6.07, 6.45) is 0. The molecule has 0 saturated carbocycles. The van der Waals surface area contributed by atoms with Gasteiger partial charge in [0.25, 0.3) is 5.91 Å². The van der Waals surface area contributed by atoms with E-state index in [1.807, 2.05) is 36.3 Å². The van der Waals surface area contributed by atoms with Crippen molar-refractivity contribution >= 4 is 45.7 Å². The number of aromatic nitrogens is 1. The van der Waals surface area contributed by atoms with Crippen molar-refractivity contribution in [3.63, 3.8) is 0 Å². The molecule has 3 aromatic rings. The number of hydrogen-bond acceptors (Lipinski definition) is 3. The van der Waals surface area contributed by atoms with E-state index in [0.29, 0.717) is 28.5 Å². The number of para-hydroxylation sites is 1. The summed E-state index contributed by atoms with van der Waals surface area (Å²) in [6.45, 7) is 1.89. The zero-order valence-corrected chi connectivity index (χ0v) is 15.1. The Labute approximate surface area is 155 Å². The average molecular weight is 369 g/mol. The Hall–Kier alpha value is -2.99. The van der Waals surface area contributed by atoms with Crippen LogP contribution in [-0.2, 0) is 11.3 Å². The SMILES string of the molecule is CC(=O)Nc1c(C(=O)N2Cc3ccccc3N2C)[nH]c2cc(Cl)ccc12. The third-order valence-corrected chi connectivity index (χ3v) is 4.77. The number of anilines is 2. The molecule has 0 saturated heterocycles.